The second kappa shape index (κ2) is 6.19. The van der Waals surface area contributed by atoms with Gasteiger partial charge >= 0.3 is 0 Å². The van der Waals surface area contributed by atoms with Gasteiger partial charge in [0.2, 0.25) is 0 Å². The van der Waals surface area contributed by atoms with Crippen LogP contribution in [-0.4, -0.2) is 16.9 Å². The lowest BCUT2D eigenvalue weighted by molar-refractivity contribution is 0.681. The van der Waals surface area contributed by atoms with E-state index in [1.54, 1.807) is 12.3 Å². The molecule has 0 aliphatic carbocycles. The molecule has 0 atom stereocenters. The minimum atomic E-state index is -0.00398. The van der Waals surface area contributed by atoms with Crippen LogP contribution in [0.5, 0.6) is 0 Å². The summed E-state index contributed by atoms with van der Waals surface area (Å²) < 4.78 is 0. The van der Waals surface area contributed by atoms with Crippen molar-refractivity contribution in [1.82, 2.24) is 4.98 Å². The van der Waals surface area contributed by atoms with E-state index in [1.165, 1.54) is 5.56 Å². The van der Waals surface area contributed by atoms with Crippen LogP contribution in [0.15, 0.2) is 48.7 Å². The first-order valence-corrected chi connectivity index (χ1v) is 6.69. The van der Waals surface area contributed by atoms with Gasteiger partial charge in [0.05, 0.1) is 11.9 Å². The minimum absolute atomic E-state index is 0.00398. The Morgan fingerprint density at radius 1 is 1.20 bits per heavy atom. The molecule has 0 amide bonds. The average molecular weight is 268 g/mol. The van der Waals surface area contributed by atoms with Crippen LogP contribution in [0.2, 0.25) is 0 Å². The molecule has 104 valence electrons. The highest BCUT2D eigenvalue weighted by atomic mass is 15.2. The summed E-state index contributed by atoms with van der Waals surface area (Å²) in [5.41, 5.74) is 8.24. The molecular formula is C16H20N4. The molecule has 1 heterocycles. The number of benzene rings is 1. The third-order valence-electron chi connectivity index (χ3n) is 3.17. The smallest absolute Gasteiger partial charge is 0.141 e. The largest absolute Gasteiger partial charge is 0.382 e. The van der Waals surface area contributed by atoms with Crippen molar-refractivity contribution in [2.75, 3.05) is 4.90 Å². The fourth-order valence-electron chi connectivity index (χ4n) is 2.07. The zero-order valence-electron chi connectivity index (χ0n) is 11.9. The van der Waals surface area contributed by atoms with E-state index in [2.05, 4.69) is 35.9 Å². The van der Waals surface area contributed by atoms with E-state index >= 15 is 0 Å². The number of nitrogens with two attached hydrogens (primary N) is 1. The molecule has 0 radical (unpaired) electrons. The fourth-order valence-corrected chi connectivity index (χ4v) is 2.07. The van der Waals surface area contributed by atoms with Crippen molar-refractivity contribution in [3.63, 3.8) is 0 Å². The van der Waals surface area contributed by atoms with Crippen LogP contribution in [0.1, 0.15) is 25.1 Å². The molecule has 1 aromatic heterocycles. The van der Waals surface area contributed by atoms with Gasteiger partial charge in [0.15, 0.2) is 0 Å². The second-order valence-corrected chi connectivity index (χ2v) is 5.02. The highest BCUT2D eigenvalue weighted by Gasteiger charge is 2.12. The van der Waals surface area contributed by atoms with Gasteiger partial charge in [-0.05, 0) is 31.5 Å². The van der Waals surface area contributed by atoms with Crippen LogP contribution < -0.4 is 10.6 Å². The molecule has 4 heteroatoms. The number of hydrogen-bond acceptors (Lipinski definition) is 3. The Kier molecular flexibility index (Phi) is 4.35. The van der Waals surface area contributed by atoms with Gasteiger partial charge in [0, 0.05) is 12.6 Å². The number of anilines is 1. The molecule has 0 bridgehead atoms. The van der Waals surface area contributed by atoms with Crippen molar-refractivity contribution >= 4 is 11.5 Å². The van der Waals surface area contributed by atoms with Crippen LogP contribution in [-0.2, 0) is 6.54 Å². The maximum absolute atomic E-state index is 7.38. The zero-order chi connectivity index (χ0) is 14.5. The lowest BCUT2D eigenvalue weighted by atomic mass is 10.1. The first-order valence-electron chi connectivity index (χ1n) is 6.69. The molecule has 0 aliphatic rings. The molecular weight excluding hydrogens is 248 g/mol. The number of nitrogen functional groups attached to an aromatic ring is 1. The zero-order valence-corrected chi connectivity index (χ0v) is 11.9. The van der Waals surface area contributed by atoms with E-state index in [9.17, 15) is 0 Å². The first kappa shape index (κ1) is 14.1. The van der Waals surface area contributed by atoms with Gasteiger partial charge in [0.25, 0.3) is 0 Å². The number of nitrogens with zero attached hydrogens (tertiary/aromatic N) is 2. The molecule has 0 aliphatic heterocycles. The molecule has 4 nitrogen and oxygen atoms in total. The molecule has 20 heavy (non-hydrogen) atoms. The maximum atomic E-state index is 7.38. The molecule has 2 aromatic rings. The van der Waals surface area contributed by atoms with Crippen LogP contribution in [0.25, 0.3) is 0 Å². The Labute approximate surface area is 119 Å². The molecule has 0 saturated carbocycles. The third kappa shape index (κ3) is 3.35. The highest BCUT2D eigenvalue weighted by molar-refractivity contribution is 5.93. The van der Waals surface area contributed by atoms with E-state index in [0.717, 1.165) is 12.2 Å². The summed E-state index contributed by atoms with van der Waals surface area (Å²) in [5.74, 6) is -0.00398. The third-order valence-corrected chi connectivity index (χ3v) is 3.17. The van der Waals surface area contributed by atoms with Crippen molar-refractivity contribution < 1.29 is 0 Å². The molecule has 1 aromatic carbocycles. The summed E-state index contributed by atoms with van der Waals surface area (Å²) in [6.07, 6.45) is 1.78. The Hall–Kier alpha value is -2.36. The average Bonchev–Trinajstić information content (AvgIpc) is 2.45. The van der Waals surface area contributed by atoms with E-state index < -0.39 is 0 Å². The van der Waals surface area contributed by atoms with Crippen molar-refractivity contribution in [2.24, 2.45) is 5.73 Å². The predicted octanol–water partition coefficient (Wildman–Crippen LogP) is 2.78. The predicted molar refractivity (Wildman–Crippen MR) is 83.0 cm³/mol. The number of aromatic nitrogens is 1. The Morgan fingerprint density at radius 3 is 2.40 bits per heavy atom. The van der Waals surface area contributed by atoms with Crippen molar-refractivity contribution in [2.45, 2.75) is 26.4 Å². The van der Waals surface area contributed by atoms with Gasteiger partial charge < -0.3 is 10.6 Å². The van der Waals surface area contributed by atoms with E-state index in [1.807, 2.05) is 24.3 Å². The molecule has 0 unspecified atom stereocenters. The number of hydrogen-bond donors (Lipinski definition) is 2. The topological polar surface area (TPSA) is 66.0 Å². The summed E-state index contributed by atoms with van der Waals surface area (Å²) in [7, 11) is 0. The second-order valence-electron chi connectivity index (χ2n) is 5.02. The van der Waals surface area contributed by atoms with Gasteiger partial charge in [0.1, 0.15) is 11.5 Å². The van der Waals surface area contributed by atoms with Gasteiger partial charge in [-0.1, -0.05) is 30.3 Å². The van der Waals surface area contributed by atoms with E-state index in [-0.39, 0.29) is 5.84 Å². The van der Waals surface area contributed by atoms with Gasteiger partial charge in [-0.3, -0.25) is 10.4 Å². The van der Waals surface area contributed by atoms with Gasteiger partial charge in [-0.2, -0.15) is 0 Å². The van der Waals surface area contributed by atoms with Gasteiger partial charge in [-0.15, -0.1) is 0 Å². The molecule has 3 N–H and O–H groups in total. The Morgan fingerprint density at radius 2 is 1.90 bits per heavy atom. The molecule has 0 fully saturated rings. The number of amidine groups is 1. The highest BCUT2D eigenvalue weighted by Crippen LogP contribution is 2.19. The van der Waals surface area contributed by atoms with E-state index in [0.29, 0.717) is 11.7 Å². The number of pyridine rings is 1. The lowest BCUT2D eigenvalue weighted by Crippen LogP contribution is -2.30. The van der Waals surface area contributed by atoms with E-state index in [4.69, 9.17) is 11.1 Å². The summed E-state index contributed by atoms with van der Waals surface area (Å²) >= 11 is 0. The fraction of sp³-hybridized carbons (Fsp3) is 0.250. The molecule has 0 spiro atoms. The monoisotopic (exact) mass is 268 g/mol. The molecule has 2 rings (SSSR count). The summed E-state index contributed by atoms with van der Waals surface area (Å²) in [4.78, 5) is 6.50. The van der Waals surface area contributed by atoms with Crippen LogP contribution >= 0.6 is 0 Å². The summed E-state index contributed by atoms with van der Waals surface area (Å²) in [5, 5.41) is 7.38. The van der Waals surface area contributed by atoms with Gasteiger partial charge in [-0.25, -0.2) is 0 Å². The summed E-state index contributed by atoms with van der Waals surface area (Å²) in [6, 6.07) is 14.5. The van der Waals surface area contributed by atoms with Crippen molar-refractivity contribution in [3.05, 3.63) is 59.9 Å². The standard InChI is InChI=1S/C16H20N4/c1-12(2)20(11-13-6-4-3-5-7-13)14-8-9-15(16(17)18)19-10-14/h3-10,12H,11H2,1-2H3,(H3,17,18). The van der Waals surface area contributed by atoms with Crippen molar-refractivity contribution in [1.29, 1.82) is 5.41 Å². The number of rotatable bonds is 5. The lowest BCUT2D eigenvalue weighted by Gasteiger charge is -2.29. The SMILES string of the molecule is CC(C)N(Cc1ccccc1)c1ccc(C(=N)N)nc1. The maximum Gasteiger partial charge on any atom is 0.141 e. The normalized spacial score (nSPS) is 10.6. The van der Waals surface area contributed by atoms with Crippen LogP contribution in [0, 0.1) is 5.41 Å². The first-order chi connectivity index (χ1) is 9.58. The van der Waals surface area contributed by atoms with Crippen LogP contribution in [0.4, 0.5) is 5.69 Å². The molecule has 0 saturated heterocycles. The van der Waals surface area contributed by atoms with Crippen LogP contribution in [0.3, 0.4) is 0 Å². The summed E-state index contributed by atoms with van der Waals surface area (Å²) in [6.45, 7) is 5.14. The number of nitrogens with one attached hydrogen (secondary N) is 1. The Balaban J connectivity index is 2.22. The minimum Gasteiger partial charge on any atom is -0.382 e. The Bertz CT molecular complexity index is 561. The quantitative estimate of drug-likeness (QED) is 0.647. The van der Waals surface area contributed by atoms with Crippen molar-refractivity contribution in [3.8, 4) is 0 Å².